The van der Waals surface area contributed by atoms with Gasteiger partial charge >= 0.3 is 0 Å². The number of hydrogen-bond acceptors (Lipinski definition) is 9. The maximum Gasteiger partial charge on any atom is 0.294 e. The van der Waals surface area contributed by atoms with Crippen LogP contribution in [0.1, 0.15) is 0 Å². The third-order valence-electron chi connectivity index (χ3n) is 3.32. The number of methoxy groups -OCH3 is 1. The van der Waals surface area contributed by atoms with Crippen molar-refractivity contribution in [2.24, 2.45) is 10.2 Å². The molecule has 3 rings (SSSR count). The molecule has 0 bridgehead atoms. The van der Waals surface area contributed by atoms with Crippen LogP contribution in [-0.2, 0) is 42.8 Å². The van der Waals surface area contributed by atoms with Gasteiger partial charge in [-0.15, -0.1) is 11.6 Å². The summed E-state index contributed by atoms with van der Waals surface area (Å²) in [6.45, 7) is 0. The molecule has 0 spiro atoms. The first-order chi connectivity index (χ1) is 13.3. The summed E-state index contributed by atoms with van der Waals surface area (Å²) >= 11 is 5.70. The van der Waals surface area contributed by atoms with Gasteiger partial charge in [-0.25, -0.2) is 0 Å². The number of halogens is 1. The number of azo groups is 1. The molecule has 1 radical (unpaired) electrons. The van der Waals surface area contributed by atoms with Crippen LogP contribution in [0.3, 0.4) is 0 Å². The van der Waals surface area contributed by atoms with Gasteiger partial charge in [0.1, 0.15) is 17.0 Å². The second-order valence-corrected chi connectivity index (χ2v) is 6.97. The molecule has 2 aromatic carbocycles. The van der Waals surface area contributed by atoms with E-state index in [0.717, 1.165) is 0 Å². The van der Waals surface area contributed by atoms with Crippen molar-refractivity contribution in [1.29, 1.82) is 0 Å². The van der Waals surface area contributed by atoms with Gasteiger partial charge in [0.25, 0.3) is 10.1 Å². The topological polar surface area (TPSA) is 139 Å². The normalized spacial score (nSPS) is 11.1. The first-order valence-electron chi connectivity index (χ1n) is 7.57. The van der Waals surface area contributed by atoms with Crippen LogP contribution >= 0.6 is 11.6 Å². The van der Waals surface area contributed by atoms with Crippen LogP contribution in [0.25, 0.3) is 0 Å². The van der Waals surface area contributed by atoms with Crippen LogP contribution in [0.5, 0.6) is 5.75 Å². The Morgan fingerprint density at radius 1 is 1.14 bits per heavy atom. The predicted molar refractivity (Wildman–Crippen MR) is 100 cm³/mol. The Bertz CT molecular complexity index is 1150. The molecular weight excluding hydrogens is 497 g/mol. The fourth-order valence-corrected chi connectivity index (χ4v) is 2.73. The quantitative estimate of drug-likeness (QED) is 0.292. The molecule has 0 unspecified atom stereocenters. The standard InChI is InChI=1S/C16H12ClN6O4S.Y/c1-27-14-8-11(5-6-13(14)20-16-19-9-18-15(17)21-16)23-22-10-3-2-4-12(7-10)28(24,25)26;/h2-8H,1H3,(H,24,25,26)(H,18,19,20,21);/q-1;. The molecule has 10 nitrogen and oxygen atoms in total. The zero-order valence-corrected chi connectivity index (χ0v) is 19.2. The molecular formula is C16H12ClN6O4SY-. The molecule has 0 aliphatic rings. The maximum atomic E-state index is 11.2. The minimum Gasteiger partial charge on any atom is -0.495 e. The SMILES string of the molecule is COc1cc(N=Nc2cccc(S(=O)(=O)O)c2)ccc1Nc1n[c-]nc(Cl)n1.[Y]. The summed E-state index contributed by atoms with van der Waals surface area (Å²) in [5.41, 5.74) is 1.25. The summed E-state index contributed by atoms with van der Waals surface area (Å²) in [5.74, 6) is 0.620. The number of nitrogens with zero attached hydrogens (tertiary/aromatic N) is 5. The number of ether oxygens (including phenoxy) is 1. The third kappa shape index (κ3) is 6.48. The summed E-state index contributed by atoms with van der Waals surface area (Å²) in [6, 6.07) is 10.4. The first kappa shape index (κ1) is 23.2. The molecule has 0 amide bonds. The van der Waals surface area contributed by atoms with Gasteiger partial charge in [-0.1, -0.05) is 6.07 Å². The minimum atomic E-state index is -4.32. The molecule has 1 heterocycles. The average Bonchev–Trinajstić information content (AvgIpc) is 2.67. The van der Waals surface area contributed by atoms with E-state index in [0.29, 0.717) is 17.1 Å². The largest absolute Gasteiger partial charge is 0.495 e. The summed E-state index contributed by atoms with van der Waals surface area (Å²) in [4.78, 5) is 11.0. The van der Waals surface area contributed by atoms with E-state index in [1.807, 2.05) is 0 Å². The van der Waals surface area contributed by atoms with E-state index in [4.69, 9.17) is 20.9 Å². The minimum absolute atomic E-state index is 0. The number of nitrogens with one attached hydrogen (secondary N) is 1. The molecule has 3 aromatic rings. The van der Waals surface area contributed by atoms with Gasteiger partial charge in [-0.05, 0) is 30.3 Å². The Kier molecular flexibility index (Phi) is 8.11. The van der Waals surface area contributed by atoms with Crippen LogP contribution < -0.4 is 10.1 Å². The van der Waals surface area contributed by atoms with Crippen molar-refractivity contribution in [3.05, 3.63) is 54.1 Å². The first-order valence-corrected chi connectivity index (χ1v) is 9.39. The van der Waals surface area contributed by atoms with E-state index in [-0.39, 0.29) is 54.5 Å². The van der Waals surface area contributed by atoms with Crippen molar-refractivity contribution in [3.63, 3.8) is 0 Å². The molecule has 0 fully saturated rings. The summed E-state index contributed by atoms with van der Waals surface area (Å²) in [6.07, 6.45) is 2.36. The van der Waals surface area contributed by atoms with Gasteiger partial charge in [0.05, 0.1) is 29.1 Å². The Morgan fingerprint density at radius 2 is 1.86 bits per heavy atom. The van der Waals surface area contributed by atoms with Crippen LogP contribution in [0.15, 0.2) is 57.6 Å². The van der Waals surface area contributed by atoms with E-state index in [1.54, 1.807) is 24.3 Å². The zero-order chi connectivity index (χ0) is 20.1. The Balaban J connectivity index is 0.00000300. The smallest absolute Gasteiger partial charge is 0.294 e. The second-order valence-electron chi connectivity index (χ2n) is 5.21. The van der Waals surface area contributed by atoms with Crippen molar-refractivity contribution >= 4 is 44.7 Å². The Hall–Kier alpha value is -2.05. The number of anilines is 2. The fraction of sp³-hybridized carbons (Fsp3) is 0.0625. The van der Waals surface area contributed by atoms with Crippen LogP contribution in [0.4, 0.5) is 23.0 Å². The summed E-state index contributed by atoms with van der Waals surface area (Å²) in [5, 5.41) is 10.9. The molecule has 13 heteroatoms. The second kappa shape index (κ2) is 10.1. The van der Waals surface area contributed by atoms with Crippen LogP contribution in [0, 0.1) is 6.33 Å². The summed E-state index contributed by atoms with van der Waals surface area (Å²) in [7, 11) is -2.84. The van der Waals surface area contributed by atoms with E-state index in [1.165, 1.54) is 25.3 Å². The van der Waals surface area contributed by atoms with E-state index in [2.05, 4.69) is 36.8 Å². The van der Waals surface area contributed by atoms with Crippen molar-refractivity contribution in [2.75, 3.05) is 12.4 Å². The molecule has 1 aromatic heterocycles. The number of aromatic nitrogens is 3. The van der Waals surface area contributed by atoms with E-state index >= 15 is 0 Å². The van der Waals surface area contributed by atoms with Gasteiger partial charge < -0.3 is 25.0 Å². The van der Waals surface area contributed by atoms with Crippen molar-refractivity contribution in [2.45, 2.75) is 4.90 Å². The molecule has 147 valence electrons. The zero-order valence-electron chi connectivity index (χ0n) is 14.8. The maximum absolute atomic E-state index is 11.2. The van der Waals surface area contributed by atoms with E-state index in [9.17, 15) is 8.42 Å². The molecule has 2 N–H and O–H groups in total. The number of benzene rings is 2. The average molecular weight is 509 g/mol. The molecule has 29 heavy (non-hydrogen) atoms. The molecule has 0 aliphatic carbocycles. The Labute approximate surface area is 196 Å². The van der Waals surface area contributed by atoms with Crippen LogP contribution in [0.2, 0.25) is 5.28 Å². The molecule has 0 saturated carbocycles. The van der Waals surface area contributed by atoms with E-state index < -0.39 is 10.1 Å². The van der Waals surface area contributed by atoms with Crippen molar-refractivity contribution in [1.82, 2.24) is 15.0 Å². The monoisotopic (exact) mass is 508 g/mol. The van der Waals surface area contributed by atoms with Crippen LogP contribution in [-0.4, -0.2) is 35.0 Å². The molecule has 0 saturated heterocycles. The van der Waals surface area contributed by atoms with Crippen molar-refractivity contribution < 1.29 is 50.4 Å². The predicted octanol–water partition coefficient (Wildman–Crippen LogP) is 3.74. The van der Waals surface area contributed by atoms with Gasteiger partial charge in [0.2, 0.25) is 0 Å². The summed E-state index contributed by atoms with van der Waals surface area (Å²) < 4.78 is 36.8. The van der Waals surface area contributed by atoms with Gasteiger partial charge in [0.15, 0.2) is 0 Å². The Morgan fingerprint density at radius 3 is 2.52 bits per heavy atom. The van der Waals surface area contributed by atoms with Gasteiger partial charge in [-0.3, -0.25) is 4.55 Å². The fourth-order valence-electron chi connectivity index (χ4n) is 2.09. The van der Waals surface area contributed by atoms with Gasteiger partial charge in [-0.2, -0.15) is 18.6 Å². The third-order valence-corrected chi connectivity index (χ3v) is 4.34. The molecule has 0 aliphatic heterocycles. The number of hydrogen-bond donors (Lipinski definition) is 2. The molecule has 0 atom stereocenters. The number of rotatable bonds is 6. The van der Waals surface area contributed by atoms with Gasteiger partial charge in [0, 0.05) is 45.1 Å². The van der Waals surface area contributed by atoms with Crippen molar-refractivity contribution in [3.8, 4) is 5.75 Å².